The molecule has 1 aliphatic rings. The van der Waals surface area contributed by atoms with Crippen molar-refractivity contribution in [3.63, 3.8) is 0 Å². The minimum absolute atomic E-state index is 0.0629. The second-order valence-electron chi connectivity index (χ2n) is 5.22. The van der Waals surface area contributed by atoms with Crippen molar-refractivity contribution in [2.45, 2.75) is 13.0 Å². The summed E-state index contributed by atoms with van der Waals surface area (Å²) in [7, 11) is 5.20. The summed E-state index contributed by atoms with van der Waals surface area (Å²) in [4.78, 5) is 28.0. The average Bonchev–Trinajstić information content (AvgIpc) is 2.77. The number of aromatic nitrogens is 2. The maximum absolute atomic E-state index is 12.6. The molecule has 0 spiro atoms. The summed E-state index contributed by atoms with van der Waals surface area (Å²) in [6.07, 6.45) is 1.57. The van der Waals surface area contributed by atoms with E-state index in [2.05, 4.69) is 10.4 Å². The first-order chi connectivity index (χ1) is 9.43. The number of hydrogen-bond donors (Lipinski definition) is 1. The molecule has 1 N–H and O–H groups in total. The van der Waals surface area contributed by atoms with Gasteiger partial charge < -0.3 is 15.1 Å². The predicted molar refractivity (Wildman–Crippen MR) is 74.3 cm³/mol. The van der Waals surface area contributed by atoms with Crippen LogP contribution in [0.4, 0.5) is 0 Å². The molecule has 1 aromatic rings. The maximum atomic E-state index is 12.6. The van der Waals surface area contributed by atoms with Crippen LogP contribution in [-0.2, 0) is 11.8 Å². The van der Waals surface area contributed by atoms with E-state index < -0.39 is 6.04 Å². The zero-order chi connectivity index (χ0) is 14.9. The molecule has 2 rings (SSSR count). The number of nitrogens with one attached hydrogen (secondary N) is 1. The van der Waals surface area contributed by atoms with Crippen LogP contribution in [-0.4, -0.2) is 71.2 Å². The van der Waals surface area contributed by atoms with Gasteiger partial charge in [0, 0.05) is 46.5 Å². The molecule has 1 unspecified atom stereocenters. The largest absolute Gasteiger partial charge is 0.347 e. The highest BCUT2D eigenvalue weighted by Gasteiger charge is 2.34. The van der Waals surface area contributed by atoms with Crippen LogP contribution in [0.25, 0.3) is 0 Å². The highest BCUT2D eigenvalue weighted by Crippen LogP contribution is 2.14. The highest BCUT2D eigenvalue weighted by atomic mass is 16.2. The maximum Gasteiger partial charge on any atom is 0.258 e. The van der Waals surface area contributed by atoms with Gasteiger partial charge in [-0.3, -0.25) is 14.3 Å². The lowest BCUT2D eigenvalue weighted by Gasteiger charge is -2.36. The van der Waals surface area contributed by atoms with E-state index in [-0.39, 0.29) is 11.8 Å². The van der Waals surface area contributed by atoms with E-state index in [0.29, 0.717) is 25.2 Å². The Balaban J connectivity index is 2.26. The number of hydrogen-bond acceptors (Lipinski definition) is 4. The standard InChI is InChI=1S/C13H21N5O2/c1-9-10(7-15-17(9)4)12(19)18-6-5-14-8-11(18)13(20)16(2)3/h7,11,14H,5-6,8H2,1-4H3. The lowest BCUT2D eigenvalue weighted by molar-refractivity contribution is -0.134. The summed E-state index contributed by atoms with van der Waals surface area (Å²) in [6.45, 7) is 3.56. The molecular formula is C13H21N5O2. The van der Waals surface area contributed by atoms with E-state index in [0.717, 1.165) is 5.69 Å². The number of carbonyl (C=O) groups is 2. The van der Waals surface area contributed by atoms with Gasteiger partial charge in [0.25, 0.3) is 5.91 Å². The van der Waals surface area contributed by atoms with Gasteiger partial charge in [-0.05, 0) is 6.92 Å². The van der Waals surface area contributed by atoms with Crippen molar-refractivity contribution in [1.29, 1.82) is 0 Å². The number of rotatable bonds is 2. The van der Waals surface area contributed by atoms with E-state index in [1.165, 1.54) is 4.90 Å². The van der Waals surface area contributed by atoms with Gasteiger partial charge in [0.2, 0.25) is 5.91 Å². The van der Waals surface area contributed by atoms with Crippen molar-refractivity contribution in [2.75, 3.05) is 33.7 Å². The predicted octanol–water partition coefficient (Wildman–Crippen LogP) is -0.769. The third kappa shape index (κ3) is 2.53. The van der Waals surface area contributed by atoms with Crippen LogP contribution in [0, 0.1) is 6.92 Å². The average molecular weight is 279 g/mol. The topological polar surface area (TPSA) is 70.5 Å². The van der Waals surface area contributed by atoms with E-state index in [4.69, 9.17) is 0 Å². The fourth-order valence-electron chi connectivity index (χ4n) is 2.33. The van der Waals surface area contributed by atoms with Crippen molar-refractivity contribution < 1.29 is 9.59 Å². The molecule has 1 aliphatic heterocycles. The normalized spacial score (nSPS) is 19.0. The van der Waals surface area contributed by atoms with Gasteiger partial charge in [-0.25, -0.2) is 0 Å². The molecule has 0 aliphatic carbocycles. The summed E-state index contributed by atoms with van der Waals surface area (Å²) in [5.74, 6) is -0.190. The first-order valence-electron chi connectivity index (χ1n) is 6.65. The van der Waals surface area contributed by atoms with Crippen molar-refractivity contribution in [3.05, 3.63) is 17.5 Å². The van der Waals surface area contributed by atoms with Crippen molar-refractivity contribution in [1.82, 2.24) is 24.9 Å². The zero-order valence-corrected chi connectivity index (χ0v) is 12.4. The molecule has 1 saturated heterocycles. The number of amides is 2. The van der Waals surface area contributed by atoms with Gasteiger partial charge in [0.1, 0.15) is 6.04 Å². The molecule has 0 aromatic carbocycles. The molecule has 0 bridgehead atoms. The van der Waals surface area contributed by atoms with E-state index in [1.807, 2.05) is 6.92 Å². The summed E-state index contributed by atoms with van der Waals surface area (Å²) in [6, 6.07) is -0.453. The second kappa shape index (κ2) is 5.62. The van der Waals surface area contributed by atoms with Crippen LogP contribution in [0.1, 0.15) is 16.1 Å². The van der Waals surface area contributed by atoms with Crippen LogP contribution in [0.3, 0.4) is 0 Å². The highest BCUT2D eigenvalue weighted by molar-refractivity contribution is 5.98. The molecule has 1 atom stereocenters. The van der Waals surface area contributed by atoms with Gasteiger partial charge in [-0.15, -0.1) is 0 Å². The summed E-state index contributed by atoms with van der Waals surface area (Å²) in [5, 5.41) is 7.26. The zero-order valence-electron chi connectivity index (χ0n) is 12.4. The van der Waals surface area contributed by atoms with Gasteiger partial charge in [-0.1, -0.05) is 0 Å². The molecule has 20 heavy (non-hydrogen) atoms. The molecule has 7 nitrogen and oxygen atoms in total. The van der Waals surface area contributed by atoms with Gasteiger partial charge in [0.05, 0.1) is 11.8 Å². The number of carbonyl (C=O) groups excluding carboxylic acids is 2. The minimum atomic E-state index is -0.453. The molecule has 0 saturated carbocycles. The van der Waals surface area contributed by atoms with Crippen LogP contribution >= 0.6 is 0 Å². The van der Waals surface area contributed by atoms with Crippen LogP contribution in [0.5, 0.6) is 0 Å². The van der Waals surface area contributed by atoms with Gasteiger partial charge >= 0.3 is 0 Å². The number of piperazine rings is 1. The van der Waals surface area contributed by atoms with Crippen molar-refractivity contribution >= 4 is 11.8 Å². The van der Waals surface area contributed by atoms with Crippen molar-refractivity contribution in [2.24, 2.45) is 7.05 Å². The Hall–Kier alpha value is -1.89. The molecule has 110 valence electrons. The molecule has 0 radical (unpaired) electrons. The summed E-state index contributed by atoms with van der Waals surface area (Å²) >= 11 is 0. The first kappa shape index (κ1) is 14.5. The first-order valence-corrected chi connectivity index (χ1v) is 6.65. The number of aryl methyl sites for hydroxylation is 1. The Morgan fingerprint density at radius 2 is 2.15 bits per heavy atom. The van der Waals surface area contributed by atoms with E-state index >= 15 is 0 Å². The van der Waals surface area contributed by atoms with Crippen molar-refractivity contribution in [3.8, 4) is 0 Å². The van der Waals surface area contributed by atoms with E-state index in [1.54, 1.807) is 36.9 Å². The number of likely N-dealkylation sites (N-methyl/N-ethyl adjacent to an activating group) is 1. The van der Waals surface area contributed by atoms with Gasteiger partial charge in [0.15, 0.2) is 0 Å². The SMILES string of the molecule is Cc1c(C(=O)N2CCNCC2C(=O)N(C)C)cnn1C. The Kier molecular flexibility index (Phi) is 4.08. The molecule has 7 heteroatoms. The molecule has 2 amide bonds. The van der Waals surface area contributed by atoms with Crippen LogP contribution < -0.4 is 5.32 Å². The molecule has 1 fully saturated rings. The molecule has 2 heterocycles. The number of nitrogens with zero attached hydrogens (tertiary/aromatic N) is 4. The van der Waals surface area contributed by atoms with Crippen LogP contribution in [0.15, 0.2) is 6.20 Å². The molecular weight excluding hydrogens is 258 g/mol. The lowest BCUT2D eigenvalue weighted by Crippen LogP contribution is -2.59. The third-order valence-corrected chi connectivity index (χ3v) is 3.70. The smallest absolute Gasteiger partial charge is 0.258 e. The lowest BCUT2D eigenvalue weighted by atomic mass is 10.1. The summed E-state index contributed by atoms with van der Waals surface area (Å²) < 4.78 is 1.66. The van der Waals surface area contributed by atoms with E-state index in [9.17, 15) is 9.59 Å². The fourth-order valence-corrected chi connectivity index (χ4v) is 2.33. The Morgan fingerprint density at radius 1 is 1.45 bits per heavy atom. The quantitative estimate of drug-likeness (QED) is 0.772. The monoisotopic (exact) mass is 279 g/mol. The van der Waals surface area contributed by atoms with Gasteiger partial charge in [-0.2, -0.15) is 5.10 Å². The fraction of sp³-hybridized carbons (Fsp3) is 0.615. The molecule has 1 aromatic heterocycles. The Labute approximate surface area is 118 Å². The summed E-state index contributed by atoms with van der Waals surface area (Å²) in [5.41, 5.74) is 1.37. The Morgan fingerprint density at radius 3 is 2.70 bits per heavy atom. The Bertz CT molecular complexity index is 523. The second-order valence-corrected chi connectivity index (χ2v) is 5.22. The third-order valence-electron chi connectivity index (χ3n) is 3.70. The van der Waals surface area contributed by atoms with Crippen LogP contribution in [0.2, 0.25) is 0 Å². The minimum Gasteiger partial charge on any atom is -0.347 e.